The molecule has 0 aromatic heterocycles. The minimum atomic E-state index is -0.421. The van der Waals surface area contributed by atoms with Crippen molar-refractivity contribution in [2.75, 3.05) is 0 Å². The van der Waals surface area contributed by atoms with Gasteiger partial charge in [-0.1, -0.05) is 0 Å². The van der Waals surface area contributed by atoms with Gasteiger partial charge in [0.05, 0.1) is 10.8 Å². The van der Waals surface area contributed by atoms with Gasteiger partial charge in [0.2, 0.25) is 0 Å². The van der Waals surface area contributed by atoms with E-state index in [4.69, 9.17) is 0 Å². The first-order chi connectivity index (χ1) is 6.46. The molecular weight excluding hydrogens is 184 g/mol. The molecule has 14 heavy (non-hydrogen) atoms. The van der Waals surface area contributed by atoms with Gasteiger partial charge in [-0.3, -0.25) is 0 Å². The summed E-state index contributed by atoms with van der Waals surface area (Å²) in [6.07, 6.45) is 3.28. The van der Waals surface area contributed by atoms with Crippen LogP contribution in [0.25, 0.3) is 0 Å². The fourth-order valence-corrected chi connectivity index (χ4v) is 1.06. The second kappa shape index (κ2) is 2.72. The van der Waals surface area contributed by atoms with Crippen LogP contribution < -0.4 is 0 Å². The van der Waals surface area contributed by atoms with Crippen LogP contribution in [0.3, 0.4) is 0 Å². The third kappa shape index (κ3) is 1.61. The molecule has 2 aliphatic rings. The van der Waals surface area contributed by atoms with E-state index >= 15 is 0 Å². The topological polar surface area (TPSA) is 52.6 Å². The van der Waals surface area contributed by atoms with Gasteiger partial charge in [0.15, 0.2) is 0 Å². The van der Waals surface area contributed by atoms with Crippen molar-refractivity contribution < 1.29 is 19.4 Å². The highest BCUT2D eigenvalue weighted by Crippen LogP contribution is 2.48. The normalized spacial score (nSPS) is 25.0. The predicted octanol–water partition coefficient (Wildman–Crippen LogP) is 1.59. The Labute approximate surface area is 82.5 Å². The molecule has 0 aliphatic heterocycles. The molecule has 0 aromatic rings. The summed E-state index contributed by atoms with van der Waals surface area (Å²) in [4.78, 5) is 31.6. The third-order valence-electron chi connectivity index (χ3n) is 3.18. The third-order valence-corrected chi connectivity index (χ3v) is 3.18. The fourth-order valence-electron chi connectivity index (χ4n) is 1.06. The maximum absolute atomic E-state index is 11.3. The molecular formula is C10H14O4. The summed E-state index contributed by atoms with van der Waals surface area (Å²) in [5.41, 5.74) is -0.796. The fraction of sp³-hybridized carbons (Fsp3) is 0.800. The predicted molar refractivity (Wildman–Crippen MR) is 46.9 cm³/mol. The van der Waals surface area contributed by atoms with E-state index in [0.29, 0.717) is 0 Å². The molecule has 0 atom stereocenters. The Kier molecular flexibility index (Phi) is 1.84. The second-order valence-electron chi connectivity index (χ2n) is 4.86. The first-order valence-electron chi connectivity index (χ1n) is 4.90. The molecule has 0 bridgehead atoms. The summed E-state index contributed by atoms with van der Waals surface area (Å²) in [5.74, 6) is -0.842. The molecule has 0 aromatic carbocycles. The lowest BCUT2D eigenvalue weighted by atomic mass is 10.1. The van der Waals surface area contributed by atoms with Gasteiger partial charge in [-0.05, 0) is 39.5 Å². The highest BCUT2D eigenvalue weighted by molar-refractivity contribution is 5.82. The summed E-state index contributed by atoms with van der Waals surface area (Å²) < 4.78 is 0. The van der Waals surface area contributed by atoms with Crippen LogP contribution in [0.1, 0.15) is 39.5 Å². The summed E-state index contributed by atoms with van der Waals surface area (Å²) in [6, 6.07) is 0. The van der Waals surface area contributed by atoms with E-state index in [9.17, 15) is 9.59 Å². The number of carbonyl (C=O) groups is 2. The summed E-state index contributed by atoms with van der Waals surface area (Å²) in [7, 11) is 0. The molecule has 4 heteroatoms. The van der Waals surface area contributed by atoms with Gasteiger partial charge in [0.25, 0.3) is 0 Å². The van der Waals surface area contributed by atoms with Crippen LogP contribution in [0.2, 0.25) is 0 Å². The van der Waals surface area contributed by atoms with Crippen LogP contribution in [-0.2, 0) is 19.4 Å². The standard InChI is InChI=1S/C10H14O4/c1-9(3-4-9)7(11)13-14-8(12)10(2)5-6-10/h3-6H2,1-2H3. The van der Waals surface area contributed by atoms with Gasteiger partial charge in [0.1, 0.15) is 0 Å². The lowest BCUT2D eigenvalue weighted by molar-refractivity contribution is -0.266. The van der Waals surface area contributed by atoms with Gasteiger partial charge in [-0.2, -0.15) is 0 Å². The van der Waals surface area contributed by atoms with Crippen LogP contribution in [0.5, 0.6) is 0 Å². The Bertz CT molecular complexity index is 256. The molecule has 2 saturated carbocycles. The Balaban J connectivity index is 1.77. The van der Waals surface area contributed by atoms with E-state index in [1.807, 2.05) is 13.8 Å². The second-order valence-corrected chi connectivity index (χ2v) is 4.86. The monoisotopic (exact) mass is 198 g/mol. The minimum Gasteiger partial charge on any atom is -0.247 e. The lowest BCUT2D eigenvalue weighted by Crippen LogP contribution is -2.22. The van der Waals surface area contributed by atoms with Gasteiger partial charge >= 0.3 is 11.9 Å². The highest BCUT2D eigenvalue weighted by atomic mass is 17.2. The number of rotatable bonds is 2. The van der Waals surface area contributed by atoms with Crippen LogP contribution in [0, 0.1) is 10.8 Å². The van der Waals surface area contributed by atoms with Crippen molar-refractivity contribution in [3.8, 4) is 0 Å². The molecule has 2 fully saturated rings. The molecule has 0 heterocycles. The van der Waals surface area contributed by atoms with E-state index in [0.717, 1.165) is 25.7 Å². The Morgan fingerprint density at radius 1 is 0.857 bits per heavy atom. The van der Waals surface area contributed by atoms with Gasteiger partial charge in [-0.15, -0.1) is 0 Å². The largest absolute Gasteiger partial charge is 0.361 e. The molecule has 0 N–H and O–H groups in total. The van der Waals surface area contributed by atoms with Crippen molar-refractivity contribution in [2.45, 2.75) is 39.5 Å². The maximum atomic E-state index is 11.3. The molecule has 2 rings (SSSR count). The van der Waals surface area contributed by atoms with Gasteiger partial charge < -0.3 is 0 Å². The van der Waals surface area contributed by atoms with Crippen molar-refractivity contribution in [3.05, 3.63) is 0 Å². The summed E-state index contributed by atoms with van der Waals surface area (Å²) in [5, 5.41) is 0. The van der Waals surface area contributed by atoms with Crippen molar-refractivity contribution in [3.63, 3.8) is 0 Å². The Hall–Kier alpha value is -1.06. The van der Waals surface area contributed by atoms with E-state index in [2.05, 4.69) is 9.78 Å². The number of hydrogen-bond acceptors (Lipinski definition) is 4. The zero-order valence-corrected chi connectivity index (χ0v) is 8.46. The van der Waals surface area contributed by atoms with Crippen molar-refractivity contribution >= 4 is 11.9 Å². The summed E-state index contributed by atoms with van der Waals surface area (Å²) >= 11 is 0. The average Bonchev–Trinajstić information content (AvgIpc) is 3.02. The molecule has 0 saturated heterocycles. The smallest absolute Gasteiger partial charge is 0.247 e. The Morgan fingerprint density at radius 2 is 1.14 bits per heavy atom. The minimum absolute atomic E-state index is 0.398. The quantitative estimate of drug-likeness (QED) is 0.499. The molecule has 78 valence electrons. The lowest BCUT2D eigenvalue weighted by Gasteiger charge is -2.09. The molecule has 0 unspecified atom stereocenters. The Morgan fingerprint density at radius 3 is 1.36 bits per heavy atom. The average molecular weight is 198 g/mol. The van der Waals surface area contributed by atoms with Crippen molar-refractivity contribution in [2.24, 2.45) is 10.8 Å². The van der Waals surface area contributed by atoms with E-state index in [-0.39, 0.29) is 0 Å². The van der Waals surface area contributed by atoms with Crippen LogP contribution in [-0.4, -0.2) is 11.9 Å². The molecule has 0 spiro atoms. The van der Waals surface area contributed by atoms with Gasteiger partial charge in [0, 0.05) is 0 Å². The molecule has 0 radical (unpaired) electrons. The van der Waals surface area contributed by atoms with Crippen LogP contribution in [0.4, 0.5) is 0 Å². The summed E-state index contributed by atoms with van der Waals surface area (Å²) in [6.45, 7) is 3.62. The zero-order valence-electron chi connectivity index (χ0n) is 8.46. The van der Waals surface area contributed by atoms with Gasteiger partial charge in [-0.25, -0.2) is 19.4 Å². The molecule has 2 aliphatic carbocycles. The van der Waals surface area contributed by atoms with Crippen molar-refractivity contribution in [1.29, 1.82) is 0 Å². The van der Waals surface area contributed by atoms with E-state index < -0.39 is 22.8 Å². The first kappa shape index (κ1) is 9.49. The first-order valence-corrected chi connectivity index (χ1v) is 4.90. The maximum Gasteiger partial charge on any atom is 0.361 e. The van der Waals surface area contributed by atoms with E-state index in [1.54, 1.807) is 0 Å². The molecule has 4 nitrogen and oxygen atoms in total. The zero-order chi connectivity index (χ0) is 10.4. The highest BCUT2D eigenvalue weighted by Gasteiger charge is 2.50. The van der Waals surface area contributed by atoms with Crippen molar-refractivity contribution in [1.82, 2.24) is 0 Å². The van der Waals surface area contributed by atoms with Crippen LogP contribution in [0.15, 0.2) is 0 Å². The SMILES string of the molecule is CC1(C(=O)OOC(=O)C2(C)CC2)CC1. The number of carbonyl (C=O) groups excluding carboxylic acids is 2. The molecule has 0 amide bonds. The van der Waals surface area contributed by atoms with E-state index in [1.165, 1.54) is 0 Å². The van der Waals surface area contributed by atoms with Crippen LogP contribution >= 0.6 is 0 Å². The number of hydrogen-bond donors (Lipinski definition) is 0.